The van der Waals surface area contributed by atoms with Crippen molar-refractivity contribution in [2.24, 2.45) is 11.3 Å². The largest absolute Gasteiger partial charge is 0.384 e. The van der Waals surface area contributed by atoms with E-state index in [1.807, 2.05) is 4.90 Å². The molecule has 6 heteroatoms. The number of carbonyl (C=O) groups is 1. The van der Waals surface area contributed by atoms with Gasteiger partial charge in [-0.05, 0) is 36.5 Å². The number of nitrogens with zero attached hydrogens (tertiary/aromatic N) is 2. The molecule has 0 N–H and O–H groups in total. The first-order valence-corrected chi connectivity index (χ1v) is 9.33. The normalized spacial score (nSPS) is 22.9. The topological polar surface area (TPSA) is 42.0 Å². The quantitative estimate of drug-likeness (QED) is 0.777. The molecule has 2 aliphatic heterocycles. The second kappa shape index (κ2) is 8.46. The highest BCUT2D eigenvalue weighted by atomic mass is 19.1. The zero-order chi connectivity index (χ0) is 18.6. The van der Waals surface area contributed by atoms with E-state index in [0.717, 1.165) is 45.7 Å². The number of hydrogen-bond acceptors (Lipinski definition) is 4. The van der Waals surface area contributed by atoms with Gasteiger partial charge in [-0.2, -0.15) is 0 Å². The summed E-state index contributed by atoms with van der Waals surface area (Å²) in [6.07, 6.45) is 1.93. The number of likely N-dealkylation sites (tertiary alicyclic amines) is 2. The van der Waals surface area contributed by atoms with Crippen LogP contribution >= 0.6 is 0 Å². The minimum Gasteiger partial charge on any atom is -0.384 e. The average Bonchev–Trinajstić information content (AvgIpc) is 2.97. The van der Waals surface area contributed by atoms with Crippen LogP contribution in [-0.4, -0.2) is 75.9 Å². The Morgan fingerprint density at radius 1 is 1.27 bits per heavy atom. The smallest absolute Gasteiger partial charge is 0.253 e. The van der Waals surface area contributed by atoms with Crippen LogP contribution in [0.15, 0.2) is 24.3 Å². The molecule has 1 amide bonds. The molecular formula is C20H29FN2O3. The predicted octanol–water partition coefficient (Wildman–Crippen LogP) is 2.27. The van der Waals surface area contributed by atoms with E-state index in [2.05, 4.69) is 4.90 Å². The highest BCUT2D eigenvalue weighted by Gasteiger charge is 2.48. The Balaban J connectivity index is 1.64. The van der Waals surface area contributed by atoms with Crippen LogP contribution in [-0.2, 0) is 9.47 Å². The van der Waals surface area contributed by atoms with E-state index in [9.17, 15) is 9.18 Å². The fraction of sp³-hybridized carbons (Fsp3) is 0.650. The van der Waals surface area contributed by atoms with Gasteiger partial charge in [0.2, 0.25) is 0 Å². The summed E-state index contributed by atoms with van der Waals surface area (Å²) in [4.78, 5) is 17.0. The number of piperidine rings is 1. The number of amides is 1. The molecule has 0 radical (unpaired) electrons. The summed E-state index contributed by atoms with van der Waals surface area (Å²) < 4.78 is 24.1. The van der Waals surface area contributed by atoms with Gasteiger partial charge in [-0.1, -0.05) is 6.07 Å². The van der Waals surface area contributed by atoms with Crippen molar-refractivity contribution in [2.75, 3.05) is 60.2 Å². The van der Waals surface area contributed by atoms with Gasteiger partial charge < -0.3 is 19.3 Å². The summed E-state index contributed by atoms with van der Waals surface area (Å²) in [7, 11) is 3.49. The number of halogens is 1. The van der Waals surface area contributed by atoms with Gasteiger partial charge in [-0.3, -0.25) is 4.79 Å². The molecule has 0 saturated carbocycles. The second-order valence-electron chi connectivity index (χ2n) is 7.55. The SMILES string of the molecule is COCCN1C[C@H](COC)C2(CCN(C(=O)c3cccc(F)c3)CC2)C1. The van der Waals surface area contributed by atoms with E-state index < -0.39 is 0 Å². The van der Waals surface area contributed by atoms with Gasteiger partial charge in [0.1, 0.15) is 5.82 Å². The van der Waals surface area contributed by atoms with Crippen LogP contribution in [0.4, 0.5) is 4.39 Å². The molecule has 144 valence electrons. The lowest BCUT2D eigenvalue weighted by Crippen LogP contribution is -2.47. The molecule has 1 spiro atoms. The van der Waals surface area contributed by atoms with E-state index in [1.54, 1.807) is 26.4 Å². The number of carbonyl (C=O) groups excluding carboxylic acids is 1. The van der Waals surface area contributed by atoms with Gasteiger partial charge in [-0.25, -0.2) is 4.39 Å². The Bertz CT molecular complexity index is 617. The Labute approximate surface area is 155 Å². The van der Waals surface area contributed by atoms with Gasteiger partial charge >= 0.3 is 0 Å². The highest BCUT2D eigenvalue weighted by Crippen LogP contribution is 2.44. The van der Waals surface area contributed by atoms with Crippen LogP contribution in [0.1, 0.15) is 23.2 Å². The maximum atomic E-state index is 13.4. The minimum atomic E-state index is -0.367. The third-order valence-corrected chi connectivity index (χ3v) is 5.98. The van der Waals surface area contributed by atoms with Crippen LogP contribution in [0.25, 0.3) is 0 Å². The summed E-state index contributed by atoms with van der Waals surface area (Å²) in [5, 5.41) is 0. The number of benzene rings is 1. The monoisotopic (exact) mass is 364 g/mol. The Morgan fingerprint density at radius 3 is 2.69 bits per heavy atom. The third-order valence-electron chi connectivity index (χ3n) is 5.98. The standard InChI is InChI=1S/C20H29FN2O3/c1-25-11-10-22-13-17(14-26-2)20(15-22)6-8-23(9-7-20)19(24)16-4-3-5-18(21)12-16/h3-5,12,17H,6-11,13-15H2,1-2H3/t17-/m1/s1. The first kappa shape index (κ1) is 19.3. The molecule has 0 aliphatic carbocycles. The highest BCUT2D eigenvalue weighted by molar-refractivity contribution is 5.94. The van der Waals surface area contributed by atoms with Gasteiger partial charge in [0.05, 0.1) is 13.2 Å². The molecule has 2 saturated heterocycles. The van der Waals surface area contributed by atoms with Crippen molar-refractivity contribution in [1.29, 1.82) is 0 Å². The third kappa shape index (κ3) is 4.08. The molecule has 1 atom stereocenters. The average molecular weight is 364 g/mol. The van der Waals surface area contributed by atoms with Crippen LogP contribution < -0.4 is 0 Å². The van der Waals surface area contributed by atoms with E-state index >= 15 is 0 Å². The molecule has 0 unspecified atom stereocenters. The van der Waals surface area contributed by atoms with Gasteiger partial charge in [0.15, 0.2) is 0 Å². The first-order chi connectivity index (χ1) is 12.6. The fourth-order valence-corrected chi connectivity index (χ4v) is 4.49. The summed E-state index contributed by atoms with van der Waals surface area (Å²) in [5.41, 5.74) is 0.630. The molecule has 1 aromatic rings. The molecule has 3 rings (SSSR count). The molecule has 2 heterocycles. The summed E-state index contributed by atoms with van der Waals surface area (Å²) >= 11 is 0. The zero-order valence-electron chi connectivity index (χ0n) is 15.7. The molecule has 2 fully saturated rings. The molecular weight excluding hydrogens is 335 g/mol. The van der Waals surface area contributed by atoms with E-state index in [1.165, 1.54) is 12.1 Å². The first-order valence-electron chi connectivity index (χ1n) is 9.33. The molecule has 5 nitrogen and oxygen atoms in total. The maximum Gasteiger partial charge on any atom is 0.253 e. The summed E-state index contributed by atoms with van der Waals surface area (Å²) in [5.74, 6) is 0.0433. The zero-order valence-corrected chi connectivity index (χ0v) is 15.7. The maximum absolute atomic E-state index is 13.4. The molecule has 26 heavy (non-hydrogen) atoms. The van der Waals surface area contributed by atoms with E-state index in [-0.39, 0.29) is 17.1 Å². The van der Waals surface area contributed by atoms with Crippen molar-refractivity contribution in [3.63, 3.8) is 0 Å². The van der Waals surface area contributed by atoms with Crippen LogP contribution in [0, 0.1) is 17.2 Å². The van der Waals surface area contributed by atoms with Crippen LogP contribution in [0.5, 0.6) is 0 Å². The van der Waals surface area contributed by atoms with Crippen molar-refractivity contribution in [2.45, 2.75) is 12.8 Å². The lowest BCUT2D eigenvalue weighted by atomic mass is 9.71. The van der Waals surface area contributed by atoms with Crippen LogP contribution in [0.3, 0.4) is 0 Å². The van der Waals surface area contributed by atoms with Gasteiger partial charge in [0.25, 0.3) is 5.91 Å². The number of ether oxygens (including phenoxy) is 2. The van der Waals surface area contributed by atoms with Crippen LogP contribution in [0.2, 0.25) is 0 Å². The van der Waals surface area contributed by atoms with Crippen molar-refractivity contribution in [1.82, 2.24) is 9.80 Å². The lowest BCUT2D eigenvalue weighted by molar-refractivity contribution is 0.0321. The number of rotatable bonds is 6. The molecule has 0 aromatic heterocycles. The fourth-order valence-electron chi connectivity index (χ4n) is 4.49. The second-order valence-corrected chi connectivity index (χ2v) is 7.55. The van der Waals surface area contributed by atoms with Crippen molar-refractivity contribution in [3.8, 4) is 0 Å². The van der Waals surface area contributed by atoms with Crippen molar-refractivity contribution < 1.29 is 18.7 Å². The van der Waals surface area contributed by atoms with Crippen molar-refractivity contribution >= 4 is 5.91 Å². The lowest BCUT2D eigenvalue weighted by Gasteiger charge is -2.42. The number of methoxy groups -OCH3 is 2. The summed E-state index contributed by atoms with van der Waals surface area (Å²) in [6.45, 7) is 5.91. The Hall–Kier alpha value is -1.50. The Morgan fingerprint density at radius 2 is 2.04 bits per heavy atom. The minimum absolute atomic E-state index is 0.0723. The molecule has 2 aliphatic rings. The van der Waals surface area contributed by atoms with E-state index in [4.69, 9.17) is 9.47 Å². The number of hydrogen-bond donors (Lipinski definition) is 0. The molecule has 1 aromatic carbocycles. The van der Waals surface area contributed by atoms with Gasteiger partial charge in [-0.15, -0.1) is 0 Å². The Kier molecular flexibility index (Phi) is 6.27. The summed E-state index contributed by atoms with van der Waals surface area (Å²) in [6, 6.07) is 5.96. The van der Waals surface area contributed by atoms with Gasteiger partial charge in [0, 0.05) is 58.4 Å². The molecule has 0 bridgehead atoms. The predicted molar refractivity (Wildman–Crippen MR) is 97.7 cm³/mol. The van der Waals surface area contributed by atoms with Crippen molar-refractivity contribution in [3.05, 3.63) is 35.6 Å². The van der Waals surface area contributed by atoms with E-state index in [0.29, 0.717) is 24.6 Å².